The van der Waals surface area contributed by atoms with Crippen molar-refractivity contribution in [2.45, 2.75) is 77.7 Å². The Kier molecular flexibility index (Phi) is 5.57. The van der Waals surface area contributed by atoms with Gasteiger partial charge in [0, 0.05) is 6.04 Å². The lowest BCUT2D eigenvalue weighted by Crippen LogP contribution is -2.39. The number of benzene rings is 1. The molecule has 0 heterocycles. The van der Waals surface area contributed by atoms with E-state index < -0.39 is 10.0 Å². The zero-order valence-electron chi connectivity index (χ0n) is 15.1. The van der Waals surface area contributed by atoms with Gasteiger partial charge in [-0.3, -0.25) is 0 Å². The molecule has 3 nitrogen and oxygen atoms in total. The molecule has 1 aliphatic rings. The zero-order chi connectivity index (χ0) is 17.3. The molecule has 130 valence electrons. The third-order valence-electron chi connectivity index (χ3n) is 5.85. The molecule has 0 bridgehead atoms. The topological polar surface area (TPSA) is 46.2 Å². The van der Waals surface area contributed by atoms with Crippen LogP contribution in [0.25, 0.3) is 0 Å². The summed E-state index contributed by atoms with van der Waals surface area (Å²) < 4.78 is 28.1. The second kappa shape index (κ2) is 6.94. The fourth-order valence-electron chi connectivity index (χ4n) is 3.45. The number of sulfonamides is 1. The number of hydrogen-bond acceptors (Lipinski definition) is 2. The highest BCUT2D eigenvalue weighted by Crippen LogP contribution is 2.40. The first-order valence-electron chi connectivity index (χ1n) is 8.75. The number of aryl methyl sites for hydroxylation is 2. The van der Waals surface area contributed by atoms with E-state index in [9.17, 15) is 8.42 Å². The number of rotatable bonds is 5. The summed E-state index contributed by atoms with van der Waals surface area (Å²) in [5.41, 5.74) is 2.49. The van der Waals surface area contributed by atoms with Crippen molar-refractivity contribution in [3.63, 3.8) is 0 Å². The molecule has 0 aromatic heterocycles. The molecule has 0 aliphatic heterocycles. The quantitative estimate of drug-likeness (QED) is 0.855. The molecule has 4 heteroatoms. The predicted octanol–water partition coefficient (Wildman–Crippen LogP) is 4.58. The molecule has 0 spiro atoms. The van der Waals surface area contributed by atoms with Crippen LogP contribution in [0.2, 0.25) is 0 Å². The molecule has 1 N–H and O–H groups in total. The van der Waals surface area contributed by atoms with Gasteiger partial charge in [-0.15, -0.1) is 0 Å². The lowest BCUT2D eigenvalue weighted by Gasteiger charge is -2.39. The van der Waals surface area contributed by atoms with Crippen LogP contribution in [0.4, 0.5) is 0 Å². The number of nitrogens with one attached hydrogen (secondary N) is 1. The molecule has 0 amide bonds. The van der Waals surface area contributed by atoms with Gasteiger partial charge in [0.2, 0.25) is 10.0 Å². The smallest absolute Gasteiger partial charge is 0.208 e. The highest BCUT2D eigenvalue weighted by atomic mass is 32.2. The lowest BCUT2D eigenvalue weighted by molar-refractivity contribution is 0.142. The molecule has 2 rings (SSSR count). The van der Waals surface area contributed by atoms with E-state index in [0.717, 1.165) is 36.8 Å². The summed E-state index contributed by atoms with van der Waals surface area (Å²) in [5.74, 6) is 0.704. The van der Waals surface area contributed by atoms with Crippen molar-refractivity contribution in [1.29, 1.82) is 0 Å². The van der Waals surface area contributed by atoms with E-state index in [1.165, 1.54) is 6.42 Å². The molecule has 1 aromatic rings. The normalized spacial score (nSPS) is 23.0. The van der Waals surface area contributed by atoms with Crippen LogP contribution in [0, 0.1) is 25.2 Å². The molecular formula is C19H31NO2S. The van der Waals surface area contributed by atoms with Gasteiger partial charge in [-0.05, 0) is 74.1 Å². The van der Waals surface area contributed by atoms with Gasteiger partial charge in [0.15, 0.2) is 0 Å². The van der Waals surface area contributed by atoms with Crippen molar-refractivity contribution in [3.05, 3.63) is 29.3 Å². The Morgan fingerprint density at radius 3 is 2.22 bits per heavy atom. The van der Waals surface area contributed by atoms with Crippen molar-refractivity contribution >= 4 is 10.0 Å². The van der Waals surface area contributed by atoms with E-state index in [1.807, 2.05) is 19.9 Å². The second-order valence-electron chi connectivity index (χ2n) is 7.76. The average Bonchev–Trinajstić information content (AvgIpc) is 2.50. The molecular weight excluding hydrogens is 306 g/mol. The number of hydrogen-bond donors (Lipinski definition) is 1. The van der Waals surface area contributed by atoms with Gasteiger partial charge in [-0.1, -0.05) is 33.3 Å². The van der Waals surface area contributed by atoms with Crippen LogP contribution in [-0.2, 0) is 10.0 Å². The molecule has 1 aliphatic carbocycles. The molecule has 1 fully saturated rings. The molecule has 0 unspecified atom stereocenters. The van der Waals surface area contributed by atoms with Gasteiger partial charge in [0.25, 0.3) is 0 Å². The second-order valence-corrected chi connectivity index (χ2v) is 9.47. The minimum absolute atomic E-state index is 0.0746. The van der Waals surface area contributed by atoms with E-state index >= 15 is 0 Å². The highest BCUT2D eigenvalue weighted by molar-refractivity contribution is 7.89. The Labute approximate surface area is 141 Å². The van der Waals surface area contributed by atoms with Crippen molar-refractivity contribution in [2.24, 2.45) is 11.3 Å². The van der Waals surface area contributed by atoms with Crippen LogP contribution >= 0.6 is 0 Å². The summed E-state index contributed by atoms with van der Waals surface area (Å²) in [6.45, 7) is 10.9. The summed E-state index contributed by atoms with van der Waals surface area (Å²) >= 11 is 0. The first kappa shape index (κ1) is 18.5. The third kappa shape index (κ3) is 4.36. The monoisotopic (exact) mass is 337 g/mol. The van der Waals surface area contributed by atoms with E-state index in [0.29, 0.717) is 16.2 Å². The Balaban J connectivity index is 2.01. The molecule has 0 saturated heterocycles. The summed E-state index contributed by atoms with van der Waals surface area (Å²) in [5, 5.41) is 0. The average molecular weight is 338 g/mol. The van der Waals surface area contributed by atoms with Crippen LogP contribution in [-0.4, -0.2) is 14.5 Å². The van der Waals surface area contributed by atoms with Crippen molar-refractivity contribution in [3.8, 4) is 0 Å². The van der Waals surface area contributed by atoms with Crippen molar-refractivity contribution in [1.82, 2.24) is 4.72 Å². The fourth-order valence-corrected chi connectivity index (χ4v) is 4.84. The minimum Gasteiger partial charge on any atom is -0.208 e. The maximum absolute atomic E-state index is 12.6. The molecule has 1 saturated carbocycles. The first-order valence-corrected chi connectivity index (χ1v) is 10.2. The lowest BCUT2D eigenvalue weighted by atomic mass is 9.69. The maximum atomic E-state index is 12.6. The van der Waals surface area contributed by atoms with Crippen LogP contribution in [0.3, 0.4) is 0 Å². The van der Waals surface area contributed by atoms with Gasteiger partial charge < -0.3 is 0 Å². The largest absolute Gasteiger partial charge is 0.240 e. The Hall–Kier alpha value is -0.870. The van der Waals surface area contributed by atoms with Gasteiger partial charge in [-0.25, -0.2) is 13.1 Å². The predicted molar refractivity (Wildman–Crippen MR) is 96.1 cm³/mol. The minimum atomic E-state index is -3.41. The fraction of sp³-hybridized carbons (Fsp3) is 0.684. The van der Waals surface area contributed by atoms with E-state index in [-0.39, 0.29) is 6.04 Å². The summed E-state index contributed by atoms with van der Waals surface area (Å²) in [6.07, 6.45) is 5.29. The summed E-state index contributed by atoms with van der Waals surface area (Å²) in [7, 11) is -3.41. The summed E-state index contributed by atoms with van der Waals surface area (Å²) in [6, 6.07) is 5.43. The van der Waals surface area contributed by atoms with Gasteiger partial charge >= 0.3 is 0 Å². The van der Waals surface area contributed by atoms with E-state index in [1.54, 1.807) is 12.1 Å². The van der Waals surface area contributed by atoms with Crippen LogP contribution in [0.1, 0.15) is 64.0 Å². The zero-order valence-corrected chi connectivity index (χ0v) is 16.0. The maximum Gasteiger partial charge on any atom is 0.240 e. The molecule has 23 heavy (non-hydrogen) atoms. The van der Waals surface area contributed by atoms with Crippen molar-refractivity contribution in [2.75, 3.05) is 0 Å². The van der Waals surface area contributed by atoms with Crippen LogP contribution < -0.4 is 4.72 Å². The van der Waals surface area contributed by atoms with Crippen LogP contribution in [0.5, 0.6) is 0 Å². The standard InChI is InChI=1S/C19H31NO2S/c1-6-19(4,5)16-8-10-17(11-9-16)20-23(21,22)18-12-7-14(2)15(3)13-18/h7,12-13,16-17,20H,6,8-11H2,1-5H3. The van der Waals surface area contributed by atoms with Gasteiger partial charge in [-0.2, -0.15) is 0 Å². The highest BCUT2D eigenvalue weighted by Gasteiger charge is 2.33. The third-order valence-corrected chi connectivity index (χ3v) is 7.37. The molecule has 0 radical (unpaired) electrons. The first-order chi connectivity index (χ1) is 10.7. The van der Waals surface area contributed by atoms with Gasteiger partial charge in [0.05, 0.1) is 4.90 Å². The Morgan fingerprint density at radius 1 is 1.09 bits per heavy atom. The van der Waals surface area contributed by atoms with E-state index in [2.05, 4.69) is 25.5 Å². The Bertz CT molecular complexity index is 641. The van der Waals surface area contributed by atoms with Gasteiger partial charge in [0.1, 0.15) is 0 Å². The summed E-state index contributed by atoms with van der Waals surface area (Å²) in [4.78, 5) is 0.386. The molecule has 0 atom stereocenters. The van der Waals surface area contributed by atoms with Crippen LogP contribution in [0.15, 0.2) is 23.1 Å². The SMILES string of the molecule is CCC(C)(C)C1CCC(NS(=O)(=O)c2ccc(C)c(C)c2)CC1. The van der Waals surface area contributed by atoms with Crippen molar-refractivity contribution < 1.29 is 8.42 Å². The Morgan fingerprint density at radius 2 is 1.70 bits per heavy atom. The van der Waals surface area contributed by atoms with E-state index in [4.69, 9.17) is 0 Å². The molecule has 1 aromatic carbocycles.